The third-order valence-electron chi connectivity index (χ3n) is 4.38. The van der Waals surface area contributed by atoms with Crippen molar-refractivity contribution in [3.63, 3.8) is 0 Å². The number of halogens is 1. The number of aromatic nitrogens is 2. The molecular weight excluding hydrogens is 354 g/mol. The zero-order valence-electron chi connectivity index (χ0n) is 13.8. The molecule has 1 amide bonds. The van der Waals surface area contributed by atoms with Crippen LogP contribution in [0.2, 0.25) is 5.02 Å². The predicted molar refractivity (Wildman–Crippen MR) is 98.5 cm³/mol. The summed E-state index contributed by atoms with van der Waals surface area (Å²) in [6.45, 7) is 0.848. The molecule has 3 aromatic rings. The highest BCUT2D eigenvalue weighted by atomic mass is 35.5. The Kier molecular flexibility index (Phi) is 4.34. The molecule has 1 aliphatic rings. The number of benzene rings is 2. The Bertz CT molecular complexity index is 1030. The van der Waals surface area contributed by atoms with Gasteiger partial charge in [-0.15, -0.1) is 0 Å². The molecule has 0 atom stereocenters. The zero-order valence-corrected chi connectivity index (χ0v) is 14.6. The minimum atomic E-state index is -0.263. The molecule has 1 aliphatic heterocycles. The number of fused-ring (bicyclic) bond motifs is 1. The third-order valence-corrected chi connectivity index (χ3v) is 4.69. The summed E-state index contributed by atoms with van der Waals surface area (Å²) < 4.78 is 6.98. The summed E-state index contributed by atoms with van der Waals surface area (Å²) >= 11 is 6.07. The summed E-state index contributed by atoms with van der Waals surface area (Å²) in [5, 5.41) is 5.96. The SMILES string of the molecule is O=C(Cn1ncc2ccccc2c1=O)N1CC(Oc2ccccc2Cl)C1. The lowest BCUT2D eigenvalue weighted by Crippen LogP contribution is -2.57. The van der Waals surface area contributed by atoms with Crippen LogP contribution in [-0.2, 0) is 11.3 Å². The largest absolute Gasteiger partial charge is 0.485 e. The third kappa shape index (κ3) is 3.15. The van der Waals surface area contributed by atoms with Crippen molar-refractivity contribution in [1.29, 1.82) is 0 Å². The van der Waals surface area contributed by atoms with Crippen molar-refractivity contribution in [2.24, 2.45) is 0 Å². The van der Waals surface area contributed by atoms with E-state index in [9.17, 15) is 9.59 Å². The van der Waals surface area contributed by atoms with E-state index in [1.54, 1.807) is 35.4 Å². The summed E-state index contributed by atoms with van der Waals surface area (Å²) in [5.41, 5.74) is -0.263. The number of carbonyl (C=O) groups excluding carboxylic acids is 1. The fourth-order valence-corrected chi connectivity index (χ4v) is 3.08. The number of amides is 1. The Morgan fingerprint density at radius 1 is 1.15 bits per heavy atom. The molecule has 0 bridgehead atoms. The molecule has 132 valence electrons. The second kappa shape index (κ2) is 6.80. The van der Waals surface area contributed by atoms with Gasteiger partial charge < -0.3 is 9.64 Å². The van der Waals surface area contributed by atoms with Crippen LogP contribution in [0.25, 0.3) is 10.8 Å². The van der Waals surface area contributed by atoms with Crippen molar-refractivity contribution in [2.45, 2.75) is 12.6 Å². The molecule has 1 fully saturated rings. The van der Waals surface area contributed by atoms with Gasteiger partial charge in [-0.3, -0.25) is 9.59 Å². The van der Waals surface area contributed by atoms with E-state index in [0.29, 0.717) is 29.2 Å². The van der Waals surface area contributed by atoms with Crippen LogP contribution in [0, 0.1) is 0 Å². The molecule has 0 unspecified atom stereocenters. The Morgan fingerprint density at radius 3 is 2.69 bits per heavy atom. The Balaban J connectivity index is 1.39. The van der Waals surface area contributed by atoms with E-state index < -0.39 is 0 Å². The number of rotatable bonds is 4. The minimum absolute atomic E-state index is 0.0809. The molecule has 0 spiro atoms. The van der Waals surface area contributed by atoms with Crippen molar-refractivity contribution in [3.05, 3.63) is 70.1 Å². The highest BCUT2D eigenvalue weighted by Crippen LogP contribution is 2.26. The van der Waals surface area contributed by atoms with Crippen molar-refractivity contribution in [3.8, 4) is 5.75 Å². The first kappa shape index (κ1) is 16.6. The van der Waals surface area contributed by atoms with Crippen LogP contribution in [0.5, 0.6) is 5.75 Å². The fourth-order valence-electron chi connectivity index (χ4n) is 2.90. The number of likely N-dealkylation sites (tertiary alicyclic amines) is 1. The number of hydrogen-bond donors (Lipinski definition) is 0. The van der Waals surface area contributed by atoms with Crippen molar-refractivity contribution in [1.82, 2.24) is 14.7 Å². The quantitative estimate of drug-likeness (QED) is 0.708. The first-order valence-electron chi connectivity index (χ1n) is 8.25. The first-order chi connectivity index (χ1) is 12.6. The van der Waals surface area contributed by atoms with Crippen LogP contribution in [0.3, 0.4) is 0 Å². The fraction of sp³-hybridized carbons (Fsp3) is 0.211. The molecule has 0 radical (unpaired) electrons. The van der Waals surface area contributed by atoms with Crippen LogP contribution in [0.1, 0.15) is 0 Å². The van der Waals surface area contributed by atoms with E-state index in [2.05, 4.69) is 5.10 Å². The Labute approximate surface area is 154 Å². The van der Waals surface area contributed by atoms with Crippen molar-refractivity contribution < 1.29 is 9.53 Å². The molecule has 0 N–H and O–H groups in total. The number of para-hydroxylation sites is 1. The van der Waals surface area contributed by atoms with E-state index in [4.69, 9.17) is 16.3 Å². The summed E-state index contributed by atoms with van der Waals surface area (Å²) in [4.78, 5) is 26.5. The molecule has 4 rings (SSSR count). The lowest BCUT2D eigenvalue weighted by molar-refractivity contribution is -0.140. The molecule has 7 heteroatoms. The van der Waals surface area contributed by atoms with Gasteiger partial charge in [-0.1, -0.05) is 41.9 Å². The van der Waals surface area contributed by atoms with Crippen molar-refractivity contribution in [2.75, 3.05) is 13.1 Å². The molecular formula is C19H16ClN3O3. The Hall–Kier alpha value is -2.86. The number of carbonyl (C=O) groups is 1. The van der Waals surface area contributed by atoms with Gasteiger partial charge in [-0.25, -0.2) is 4.68 Å². The lowest BCUT2D eigenvalue weighted by Gasteiger charge is -2.39. The predicted octanol–water partition coefficient (Wildman–Crippen LogP) is 2.34. The van der Waals surface area contributed by atoms with E-state index in [-0.39, 0.29) is 24.1 Å². The van der Waals surface area contributed by atoms with E-state index in [0.717, 1.165) is 5.39 Å². The summed E-state index contributed by atoms with van der Waals surface area (Å²) in [6, 6.07) is 14.4. The molecule has 26 heavy (non-hydrogen) atoms. The molecule has 6 nitrogen and oxygen atoms in total. The van der Waals surface area contributed by atoms with Crippen LogP contribution >= 0.6 is 11.6 Å². The van der Waals surface area contributed by atoms with Gasteiger partial charge in [0.2, 0.25) is 5.91 Å². The topological polar surface area (TPSA) is 64.4 Å². The summed E-state index contributed by atoms with van der Waals surface area (Å²) in [5.74, 6) is 0.451. The lowest BCUT2D eigenvalue weighted by atomic mass is 10.1. The van der Waals surface area contributed by atoms with Gasteiger partial charge in [0.05, 0.1) is 29.7 Å². The van der Waals surface area contributed by atoms with E-state index in [1.165, 1.54) is 4.68 Å². The average molecular weight is 370 g/mol. The molecule has 0 aliphatic carbocycles. The van der Waals surface area contributed by atoms with Crippen LogP contribution in [0.15, 0.2) is 59.5 Å². The first-order valence-corrected chi connectivity index (χ1v) is 8.63. The highest BCUT2D eigenvalue weighted by Gasteiger charge is 2.32. The summed E-state index contributed by atoms with van der Waals surface area (Å²) in [6.07, 6.45) is 1.50. The average Bonchev–Trinajstić information content (AvgIpc) is 2.61. The molecule has 1 saturated heterocycles. The van der Waals surface area contributed by atoms with Gasteiger partial charge in [0.1, 0.15) is 18.4 Å². The number of nitrogens with zero attached hydrogens (tertiary/aromatic N) is 3. The standard InChI is InChI=1S/C19H16ClN3O3/c20-16-7-3-4-8-17(16)26-14-10-22(11-14)18(24)12-23-19(25)15-6-2-1-5-13(15)9-21-23/h1-9,14H,10-12H2. The second-order valence-corrected chi connectivity index (χ2v) is 6.57. The second-order valence-electron chi connectivity index (χ2n) is 6.16. The number of ether oxygens (including phenoxy) is 1. The van der Waals surface area contributed by atoms with E-state index in [1.807, 2.05) is 24.3 Å². The van der Waals surface area contributed by atoms with E-state index >= 15 is 0 Å². The zero-order chi connectivity index (χ0) is 18.1. The van der Waals surface area contributed by atoms with Crippen LogP contribution in [-0.4, -0.2) is 39.8 Å². The molecule has 2 heterocycles. The maximum absolute atomic E-state index is 12.4. The molecule has 2 aromatic carbocycles. The normalized spacial score (nSPS) is 14.3. The van der Waals surface area contributed by atoms with Gasteiger partial charge in [0.15, 0.2) is 0 Å². The van der Waals surface area contributed by atoms with Gasteiger partial charge in [-0.2, -0.15) is 5.10 Å². The number of hydrogen-bond acceptors (Lipinski definition) is 4. The molecule has 1 aromatic heterocycles. The minimum Gasteiger partial charge on any atom is -0.485 e. The highest BCUT2D eigenvalue weighted by molar-refractivity contribution is 6.32. The van der Waals surface area contributed by atoms with Crippen molar-refractivity contribution >= 4 is 28.3 Å². The van der Waals surface area contributed by atoms with Gasteiger partial charge in [-0.05, 0) is 18.2 Å². The monoisotopic (exact) mass is 369 g/mol. The Morgan fingerprint density at radius 2 is 1.88 bits per heavy atom. The van der Waals surface area contributed by atoms with Gasteiger partial charge in [0, 0.05) is 5.39 Å². The van der Waals surface area contributed by atoms with Gasteiger partial charge >= 0.3 is 0 Å². The maximum Gasteiger partial charge on any atom is 0.275 e. The van der Waals surface area contributed by atoms with Crippen LogP contribution < -0.4 is 10.3 Å². The maximum atomic E-state index is 12.4. The smallest absolute Gasteiger partial charge is 0.275 e. The van der Waals surface area contributed by atoms with Crippen LogP contribution in [0.4, 0.5) is 0 Å². The molecule has 0 saturated carbocycles. The van der Waals surface area contributed by atoms with Gasteiger partial charge in [0.25, 0.3) is 5.56 Å². The summed E-state index contributed by atoms with van der Waals surface area (Å²) in [7, 11) is 0.